The van der Waals surface area contributed by atoms with Gasteiger partial charge in [0.15, 0.2) is 5.65 Å². The summed E-state index contributed by atoms with van der Waals surface area (Å²) in [6.07, 6.45) is 9.81. The van der Waals surface area contributed by atoms with E-state index < -0.39 is 11.6 Å². The van der Waals surface area contributed by atoms with Crippen LogP contribution in [0.2, 0.25) is 0 Å². The third-order valence-corrected chi connectivity index (χ3v) is 8.47. The zero-order chi connectivity index (χ0) is 26.9. The van der Waals surface area contributed by atoms with Crippen molar-refractivity contribution < 1.29 is 18.7 Å². The van der Waals surface area contributed by atoms with Crippen LogP contribution < -0.4 is 10.6 Å². The van der Waals surface area contributed by atoms with Gasteiger partial charge in [0.2, 0.25) is 17.8 Å². The maximum atomic E-state index is 14.6. The van der Waals surface area contributed by atoms with Crippen LogP contribution in [0.15, 0.2) is 24.4 Å². The van der Waals surface area contributed by atoms with Crippen molar-refractivity contribution in [1.29, 1.82) is 0 Å². The van der Waals surface area contributed by atoms with Crippen molar-refractivity contribution in [3.8, 4) is 0 Å². The van der Waals surface area contributed by atoms with E-state index in [0.717, 1.165) is 83.4 Å². The van der Waals surface area contributed by atoms with Crippen molar-refractivity contribution >= 4 is 34.7 Å². The van der Waals surface area contributed by atoms with Gasteiger partial charge in [0.05, 0.1) is 18.0 Å². The second-order valence-corrected chi connectivity index (χ2v) is 11.1. The Balaban J connectivity index is 1.28. The number of aromatic nitrogens is 4. The number of imidazole rings is 1. The molecule has 1 amide bonds. The highest BCUT2D eigenvalue weighted by Gasteiger charge is 2.33. The zero-order valence-corrected chi connectivity index (χ0v) is 22.0. The number of benzene rings is 1. The normalized spacial score (nSPS) is 25.7. The van der Waals surface area contributed by atoms with E-state index in [1.165, 1.54) is 12.1 Å². The van der Waals surface area contributed by atoms with Gasteiger partial charge >= 0.3 is 0 Å². The number of hydrogen-bond donors (Lipinski definition) is 3. The summed E-state index contributed by atoms with van der Waals surface area (Å²) < 4.78 is 30.1. The number of aliphatic hydroxyl groups is 1. The molecule has 0 unspecified atom stereocenters. The number of halogens is 2. The van der Waals surface area contributed by atoms with Gasteiger partial charge in [0.25, 0.3) is 0 Å². The zero-order valence-electron chi connectivity index (χ0n) is 22.0. The van der Waals surface area contributed by atoms with E-state index in [-0.39, 0.29) is 35.7 Å². The van der Waals surface area contributed by atoms with Crippen LogP contribution >= 0.6 is 0 Å². The topological polar surface area (TPSA) is 108 Å². The number of amides is 1. The number of aliphatic hydroxyl groups excluding tert-OH is 1. The Kier molecular flexibility index (Phi) is 7.33. The molecule has 1 aliphatic heterocycles. The lowest BCUT2D eigenvalue weighted by atomic mass is 9.85. The van der Waals surface area contributed by atoms with Crippen molar-refractivity contribution in [2.75, 3.05) is 23.7 Å². The first-order chi connectivity index (χ1) is 18.9. The molecule has 1 aromatic carbocycles. The molecule has 3 heterocycles. The monoisotopic (exact) mass is 539 g/mol. The number of carbonyl (C=O) groups is 1. The fourth-order valence-corrected chi connectivity index (χ4v) is 6.29. The van der Waals surface area contributed by atoms with Gasteiger partial charge in [-0.2, -0.15) is 4.98 Å². The first-order valence-electron chi connectivity index (χ1n) is 14.1. The van der Waals surface area contributed by atoms with Crippen LogP contribution in [0.3, 0.4) is 0 Å². The molecule has 39 heavy (non-hydrogen) atoms. The number of rotatable bonds is 6. The third-order valence-electron chi connectivity index (χ3n) is 8.47. The van der Waals surface area contributed by atoms with Gasteiger partial charge in [0.1, 0.15) is 17.2 Å². The molecule has 3 fully saturated rings. The number of anilines is 3. The quantitative estimate of drug-likeness (QED) is 0.408. The largest absolute Gasteiger partial charge is 0.393 e. The number of nitrogens with one attached hydrogen (secondary N) is 2. The van der Waals surface area contributed by atoms with Crippen LogP contribution in [0.4, 0.5) is 26.4 Å². The SMILES string of the molecule is O=C(C1CCC(n2c(Nc3ccc(F)cc3F)nc3cnc(NC4CCC(O)CC4)nc32)CC1)N1CCCC1. The van der Waals surface area contributed by atoms with Crippen LogP contribution in [0.1, 0.15) is 70.3 Å². The summed E-state index contributed by atoms with van der Waals surface area (Å²) >= 11 is 0. The Labute approximate surface area is 226 Å². The maximum absolute atomic E-state index is 14.6. The van der Waals surface area contributed by atoms with E-state index in [2.05, 4.69) is 15.6 Å². The van der Waals surface area contributed by atoms with Gasteiger partial charge in [-0.3, -0.25) is 9.36 Å². The first kappa shape index (κ1) is 25.9. The maximum Gasteiger partial charge on any atom is 0.225 e. The number of likely N-dealkylation sites (tertiary alicyclic amines) is 1. The predicted molar refractivity (Wildman–Crippen MR) is 144 cm³/mol. The minimum absolute atomic E-state index is 0.0104. The summed E-state index contributed by atoms with van der Waals surface area (Å²) in [6, 6.07) is 3.59. The van der Waals surface area contributed by atoms with Crippen molar-refractivity contribution in [2.45, 2.75) is 82.4 Å². The molecule has 1 saturated heterocycles. The lowest BCUT2D eigenvalue weighted by Gasteiger charge is -2.32. The lowest BCUT2D eigenvalue weighted by molar-refractivity contribution is -0.135. The van der Waals surface area contributed by atoms with Crippen molar-refractivity contribution in [3.05, 3.63) is 36.0 Å². The molecule has 3 N–H and O–H groups in total. The minimum Gasteiger partial charge on any atom is -0.393 e. The highest BCUT2D eigenvalue weighted by molar-refractivity contribution is 5.79. The molecule has 11 heteroatoms. The van der Waals surface area contributed by atoms with E-state index in [1.54, 1.807) is 6.20 Å². The highest BCUT2D eigenvalue weighted by Crippen LogP contribution is 2.38. The average Bonchev–Trinajstić information content (AvgIpc) is 3.60. The molecule has 2 aromatic heterocycles. The van der Waals surface area contributed by atoms with Crippen LogP contribution in [0, 0.1) is 17.6 Å². The number of carbonyl (C=O) groups excluding carboxylic acids is 1. The summed E-state index contributed by atoms with van der Waals surface area (Å²) in [7, 11) is 0. The molecule has 2 aliphatic carbocycles. The van der Waals surface area contributed by atoms with Gasteiger partial charge in [-0.25, -0.2) is 18.7 Å². The standard InChI is InChI=1S/C28H35F2N7O2/c29-18-5-12-23(22(30)15-18)33-28-34-24-16-31-27(32-19-6-10-21(38)11-7-19)35-25(24)37(28)20-8-3-17(4-9-20)26(39)36-13-1-2-14-36/h5,12,15-17,19-21,38H,1-4,6-11,13-14H2,(H,33,34)(H,31,32,35). The molecular weight excluding hydrogens is 504 g/mol. The molecule has 3 aromatic rings. The van der Waals surface area contributed by atoms with E-state index in [9.17, 15) is 18.7 Å². The van der Waals surface area contributed by atoms with Gasteiger partial charge in [-0.1, -0.05) is 0 Å². The summed E-state index contributed by atoms with van der Waals surface area (Å²) in [5, 5.41) is 16.3. The second-order valence-electron chi connectivity index (χ2n) is 11.1. The number of nitrogens with zero attached hydrogens (tertiary/aromatic N) is 5. The highest BCUT2D eigenvalue weighted by atomic mass is 19.1. The van der Waals surface area contributed by atoms with Crippen molar-refractivity contribution in [3.63, 3.8) is 0 Å². The second kappa shape index (κ2) is 11.0. The van der Waals surface area contributed by atoms with E-state index in [0.29, 0.717) is 23.1 Å². The molecule has 208 valence electrons. The van der Waals surface area contributed by atoms with E-state index in [1.807, 2.05) is 9.47 Å². The average molecular weight is 540 g/mol. The number of fused-ring (bicyclic) bond motifs is 1. The fourth-order valence-electron chi connectivity index (χ4n) is 6.29. The molecule has 0 atom stereocenters. The van der Waals surface area contributed by atoms with Gasteiger partial charge in [-0.05, 0) is 76.3 Å². The van der Waals surface area contributed by atoms with Gasteiger partial charge in [0, 0.05) is 37.2 Å². The van der Waals surface area contributed by atoms with Crippen LogP contribution in [0.25, 0.3) is 11.2 Å². The van der Waals surface area contributed by atoms with E-state index >= 15 is 0 Å². The van der Waals surface area contributed by atoms with Crippen LogP contribution in [-0.4, -0.2) is 60.7 Å². The van der Waals surface area contributed by atoms with E-state index in [4.69, 9.17) is 9.97 Å². The molecule has 2 saturated carbocycles. The Morgan fingerprint density at radius 1 is 0.974 bits per heavy atom. The number of hydrogen-bond acceptors (Lipinski definition) is 7. The molecule has 3 aliphatic rings. The molecule has 6 rings (SSSR count). The fraction of sp³-hybridized carbons (Fsp3) is 0.571. The lowest BCUT2D eigenvalue weighted by Crippen LogP contribution is -2.36. The van der Waals surface area contributed by atoms with Crippen molar-refractivity contribution in [2.24, 2.45) is 5.92 Å². The van der Waals surface area contributed by atoms with Crippen LogP contribution in [-0.2, 0) is 4.79 Å². The summed E-state index contributed by atoms with van der Waals surface area (Å²) in [6.45, 7) is 1.71. The summed E-state index contributed by atoms with van der Waals surface area (Å²) in [5.74, 6) is -0.168. The summed E-state index contributed by atoms with van der Waals surface area (Å²) in [4.78, 5) is 29.0. The Morgan fingerprint density at radius 3 is 2.44 bits per heavy atom. The van der Waals surface area contributed by atoms with Gasteiger partial charge in [-0.15, -0.1) is 0 Å². The molecular formula is C28H35F2N7O2. The molecule has 0 spiro atoms. The first-order valence-corrected chi connectivity index (χ1v) is 14.1. The van der Waals surface area contributed by atoms with Crippen molar-refractivity contribution in [1.82, 2.24) is 24.4 Å². The van der Waals surface area contributed by atoms with Crippen LogP contribution in [0.5, 0.6) is 0 Å². The summed E-state index contributed by atoms with van der Waals surface area (Å²) in [5.41, 5.74) is 1.32. The third kappa shape index (κ3) is 5.54. The Hall–Kier alpha value is -3.34. The molecule has 0 bridgehead atoms. The smallest absolute Gasteiger partial charge is 0.225 e. The molecule has 0 radical (unpaired) electrons. The predicted octanol–water partition coefficient (Wildman–Crippen LogP) is 4.92. The minimum atomic E-state index is -0.707. The van der Waals surface area contributed by atoms with Gasteiger partial charge < -0.3 is 20.6 Å². The Bertz CT molecular complexity index is 1330. The molecule has 9 nitrogen and oxygen atoms in total. The Morgan fingerprint density at radius 2 is 1.72 bits per heavy atom.